The molecule has 0 fully saturated rings. The zero-order chi connectivity index (χ0) is 15.3. The number of nitrogens with zero attached hydrogens (tertiary/aromatic N) is 2. The summed E-state index contributed by atoms with van der Waals surface area (Å²) in [6.07, 6.45) is 2.56. The Balaban J connectivity index is 2.05. The van der Waals surface area contributed by atoms with Gasteiger partial charge in [-0.05, 0) is 23.8 Å². The highest BCUT2D eigenvalue weighted by atomic mass is 16.5. The van der Waals surface area contributed by atoms with Crippen LogP contribution >= 0.6 is 0 Å². The van der Waals surface area contributed by atoms with Crippen molar-refractivity contribution >= 4 is 0 Å². The Labute approximate surface area is 126 Å². The van der Waals surface area contributed by atoms with Crippen LogP contribution in [0.3, 0.4) is 0 Å². The summed E-state index contributed by atoms with van der Waals surface area (Å²) in [5.41, 5.74) is 8.79. The molecular formula is C17H23N3O. The van der Waals surface area contributed by atoms with Crippen LogP contribution < -0.4 is 10.5 Å². The molecule has 21 heavy (non-hydrogen) atoms. The Hall–Kier alpha value is -1.94. The van der Waals surface area contributed by atoms with Gasteiger partial charge in [-0.25, -0.2) is 4.98 Å². The summed E-state index contributed by atoms with van der Waals surface area (Å²) in [6, 6.07) is 9.84. The average Bonchev–Trinajstić information content (AvgIpc) is 2.47. The number of hydrogen-bond donors (Lipinski definition) is 1. The third-order valence-corrected chi connectivity index (χ3v) is 3.20. The van der Waals surface area contributed by atoms with E-state index in [1.807, 2.05) is 30.3 Å². The van der Waals surface area contributed by atoms with Gasteiger partial charge in [0.1, 0.15) is 0 Å². The predicted octanol–water partition coefficient (Wildman–Crippen LogP) is 2.85. The van der Waals surface area contributed by atoms with Gasteiger partial charge in [-0.1, -0.05) is 26.8 Å². The molecule has 4 nitrogen and oxygen atoms in total. The van der Waals surface area contributed by atoms with E-state index in [4.69, 9.17) is 10.5 Å². The number of ether oxygens (including phenoxy) is 1. The van der Waals surface area contributed by atoms with E-state index in [-0.39, 0.29) is 5.41 Å². The van der Waals surface area contributed by atoms with Gasteiger partial charge in [0.2, 0.25) is 5.88 Å². The van der Waals surface area contributed by atoms with Crippen molar-refractivity contribution in [1.82, 2.24) is 9.97 Å². The van der Waals surface area contributed by atoms with Gasteiger partial charge in [-0.3, -0.25) is 4.98 Å². The monoisotopic (exact) mass is 285 g/mol. The molecule has 2 heterocycles. The molecule has 0 aromatic carbocycles. The number of rotatable bonds is 5. The molecule has 0 radical (unpaired) electrons. The van der Waals surface area contributed by atoms with Gasteiger partial charge < -0.3 is 10.5 Å². The second-order valence-electron chi connectivity index (χ2n) is 6.07. The second-order valence-corrected chi connectivity index (χ2v) is 6.07. The zero-order valence-corrected chi connectivity index (χ0v) is 13.0. The third kappa shape index (κ3) is 4.53. The summed E-state index contributed by atoms with van der Waals surface area (Å²) in [5, 5.41) is 0. The number of nitrogens with two attached hydrogens (primary N) is 1. The topological polar surface area (TPSA) is 61.0 Å². The average molecular weight is 285 g/mol. The quantitative estimate of drug-likeness (QED) is 0.917. The molecule has 0 aliphatic heterocycles. The van der Waals surface area contributed by atoms with Gasteiger partial charge >= 0.3 is 0 Å². The van der Waals surface area contributed by atoms with E-state index in [9.17, 15) is 0 Å². The Morgan fingerprint density at radius 2 is 2.00 bits per heavy atom. The first-order valence-electron chi connectivity index (χ1n) is 7.23. The molecule has 2 aromatic heterocycles. The van der Waals surface area contributed by atoms with E-state index >= 15 is 0 Å². The number of hydrogen-bond acceptors (Lipinski definition) is 4. The van der Waals surface area contributed by atoms with Crippen molar-refractivity contribution in [3.05, 3.63) is 53.5 Å². The summed E-state index contributed by atoms with van der Waals surface area (Å²) >= 11 is 0. The highest BCUT2D eigenvalue weighted by Crippen LogP contribution is 2.24. The molecule has 0 saturated heterocycles. The van der Waals surface area contributed by atoms with E-state index in [0.717, 1.165) is 23.4 Å². The minimum Gasteiger partial charge on any atom is -0.477 e. The van der Waals surface area contributed by atoms with Crippen molar-refractivity contribution in [2.45, 2.75) is 39.2 Å². The van der Waals surface area contributed by atoms with E-state index in [1.165, 1.54) is 0 Å². The van der Waals surface area contributed by atoms with Crippen LogP contribution in [-0.4, -0.2) is 16.6 Å². The van der Waals surface area contributed by atoms with E-state index in [0.29, 0.717) is 19.0 Å². The van der Waals surface area contributed by atoms with Gasteiger partial charge in [0.15, 0.2) is 0 Å². The van der Waals surface area contributed by atoms with Gasteiger partial charge in [0.25, 0.3) is 0 Å². The maximum absolute atomic E-state index is 5.78. The third-order valence-electron chi connectivity index (χ3n) is 3.20. The minimum atomic E-state index is -0.0235. The van der Waals surface area contributed by atoms with Crippen LogP contribution in [0.4, 0.5) is 0 Å². The molecule has 0 atom stereocenters. The maximum atomic E-state index is 5.78. The second kappa shape index (κ2) is 6.68. The van der Waals surface area contributed by atoms with Crippen molar-refractivity contribution < 1.29 is 4.74 Å². The van der Waals surface area contributed by atoms with Gasteiger partial charge in [-0.2, -0.15) is 0 Å². The fourth-order valence-corrected chi connectivity index (χ4v) is 1.94. The summed E-state index contributed by atoms with van der Waals surface area (Å²) in [4.78, 5) is 8.87. The molecule has 0 spiro atoms. The Morgan fingerprint density at radius 1 is 1.19 bits per heavy atom. The van der Waals surface area contributed by atoms with Gasteiger partial charge in [0, 0.05) is 36.3 Å². The highest BCUT2D eigenvalue weighted by Gasteiger charge is 2.17. The summed E-state index contributed by atoms with van der Waals surface area (Å²) in [5.74, 6) is 0.638. The van der Waals surface area contributed by atoms with Crippen LogP contribution in [0.15, 0.2) is 36.5 Å². The normalized spacial score (nSPS) is 11.4. The molecule has 112 valence electrons. The predicted molar refractivity (Wildman–Crippen MR) is 84.3 cm³/mol. The number of pyridine rings is 2. The molecule has 2 aromatic rings. The number of aromatic nitrogens is 2. The Kier molecular flexibility index (Phi) is 4.91. The molecular weight excluding hydrogens is 262 g/mol. The standard InChI is InChI=1S/C17H23N3O/c1-17(2,3)15-10-13(12-18)11-16(20-15)21-9-7-14-6-4-5-8-19-14/h4-6,8,10-11H,7,9,12,18H2,1-3H3. The molecule has 0 aliphatic rings. The SMILES string of the molecule is CC(C)(C)c1cc(CN)cc(OCCc2ccccn2)n1. The lowest BCUT2D eigenvalue weighted by Gasteiger charge is -2.19. The van der Waals surface area contributed by atoms with Crippen LogP contribution in [0.25, 0.3) is 0 Å². The molecule has 2 N–H and O–H groups in total. The lowest BCUT2D eigenvalue weighted by Crippen LogP contribution is -2.16. The van der Waals surface area contributed by atoms with Crippen molar-refractivity contribution in [2.75, 3.05) is 6.61 Å². The van der Waals surface area contributed by atoms with E-state index in [2.05, 4.69) is 30.7 Å². The van der Waals surface area contributed by atoms with Crippen LogP contribution in [0.5, 0.6) is 5.88 Å². The Bertz CT molecular complexity index is 576. The van der Waals surface area contributed by atoms with Crippen molar-refractivity contribution in [3.8, 4) is 5.88 Å². The van der Waals surface area contributed by atoms with Gasteiger partial charge in [-0.15, -0.1) is 0 Å². The summed E-state index contributed by atoms with van der Waals surface area (Å²) < 4.78 is 5.78. The van der Waals surface area contributed by atoms with Crippen molar-refractivity contribution in [1.29, 1.82) is 0 Å². The Morgan fingerprint density at radius 3 is 2.62 bits per heavy atom. The largest absolute Gasteiger partial charge is 0.477 e. The fourth-order valence-electron chi connectivity index (χ4n) is 1.94. The molecule has 0 aliphatic carbocycles. The van der Waals surface area contributed by atoms with Crippen LogP contribution in [0, 0.1) is 0 Å². The molecule has 4 heteroatoms. The molecule has 0 saturated carbocycles. The first-order chi connectivity index (χ1) is 9.99. The maximum Gasteiger partial charge on any atom is 0.213 e. The van der Waals surface area contributed by atoms with Crippen molar-refractivity contribution in [3.63, 3.8) is 0 Å². The molecule has 0 unspecified atom stereocenters. The minimum absolute atomic E-state index is 0.0235. The summed E-state index contributed by atoms with van der Waals surface area (Å²) in [6.45, 7) is 7.44. The van der Waals surface area contributed by atoms with Crippen LogP contribution in [0.2, 0.25) is 0 Å². The van der Waals surface area contributed by atoms with Crippen LogP contribution in [0.1, 0.15) is 37.7 Å². The molecule has 0 amide bonds. The summed E-state index contributed by atoms with van der Waals surface area (Å²) in [7, 11) is 0. The first kappa shape index (κ1) is 15.4. The van der Waals surface area contributed by atoms with Crippen LogP contribution in [-0.2, 0) is 18.4 Å². The van der Waals surface area contributed by atoms with E-state index < -0.39 is 0 Å². The van der Waals surface area contributed by atoms with Gasteiger partial charge in [0.05, 0.1) is 12.3 Å². The lowest BCUT2D eigenvalue weighted by atomic mass is 9.91. The lowest BCUT2D eigenvalue weighted by molar-refractivity contribution is 0.305. The zero-order valence-electron chi connectivity index (χ0n) is 13.0. The fraction of sp³-hybridized carbons (Fsp3) is 0.412. The highest BCUT2D eigenvalue weighted by molar-refractivity contribution is 5.28. The van der Waals surface area contributed by atoms with Crippen molar-refractivity contribution in [2.24, 2.45) is 5.73 Å². The first-order valence-corrected chi connectivity index (χ1v) is 7.23. The molecule has 2 rings (SSSR count). The van der Waals surface area contributed by atoms with E-state index in [1.54, 1.807) is 6.20 Å². The molecule has 0 bridgehead atoms. The smallest absolute Gasteiger partial charge is 0.213 e.